The molecule has 0 fully saturated rings. The Bertz CT molecular complexity index is 627. The van der Waals surface area contributed by atoms with Gasteiger partial charge in [0.15, 0.2) is 0 Å². The molecular formula is C18H21BrO2. The number of hydrogen-bond donors (Lipinski definition) is 1. The molecule has 2 rings (SSSR count). The number of methoxy groups -OCH3 is 1. The zero-order chi connectivity index (χ0) is 15.6. The van der Waals surface area contributed by atoms with Crippen LogP contribution in [0.1, 0.15) is 33.9 Å². The summed E-state index contributed by atoms with van der Waals surface area (Å²) in [6.45, 7) is 6.13. The average Bonchev–Trinajstić information content (AvgIpc) is 2.44. The van der Waals surface area contributed by atoms with E-state index in [1.54, 1.807) is 7.11 Å². The van der Waals surface area contributed by atoms with Gasteiger partial charge in [-0.2, -0.15) is 0 Å². The van der Waals surface area contributed by atoms with Gasteiger partial charge in [-0.05, 0) is 49.1 Å². The highest BCUT2D eigenvalue weighted by Gasteiger charge is 2.14. The second-order valence-electron chi connectivity index (χ2n) is 5.50. The van der Waals surface area contributed by atoms with Crippen LogP contribution in [0.25, 0.3) is 0 Å². The van der Waals surface area contributed by atoms with Crippen LogP contribution in [0, 0.1) is 20.8 Å². The highest BCUT2D eigenvalue weighted by atomic mass is 79.9. The minimum Gasteiger partial charge on any atom is -0.496 e. The van der Waals surface area contributed by atoms with Crippen molar-refractivity contribution >= 4 is 15.9 Å². The monoisotopic (exact) mass is 348 g/mol. The molecule has 2 aromatic rings. The Morgan fingerprint density at radius 1 is 1.10 bits per heavy atom. The summed E-state index contributed by atoms with van der Waals surface area (Å²) in [6, 6.07) is 10.1. The Hall–Kier alpha value is -1.32. The van der Waals surface area contributed by atoms with E-state index < -0.39 is 6.10 Å². The van der Waals surface area contributed by atoms with Crippen molar-refractivity contribution in [1.82, 2.24) is 0 Å². The first kappa shape index (κ1) is 16.1. The predicted molar refractivity (Wildman–Crippen MR) is 90.0 cm³/mol. The first-order valence-electron chi connectivity index (χ1n) is 7.00. The third-order valence-electron chi connectivity index (χ3n) is 3.69. The predicted octanol–water partition coefficient (Wildman–Crippen LogP) is 4.66. The largest absolute Gasteiger partial charge is 0.496 e. The fraction of sp³-hybridized carbons (Fsp3) is 0.333. The van der Waals surface area contributed by atoms with Crippen molar-refractivity contribution in [3.05, 3.63) is 62.6 Å². The number of halogens is 1. The summed E-state index contributed by atoms with van der Waals surface area (Å²) >= 11 is 3.56. The van der Waals surface area contributed by atoms with Gasteiger partial charge in [-0.15, -0.1) is 0 Å². The molecule has 2 aromatic carbocycles. The lowest BCUT2D eigenvalue weighted by atomic mass is 9.97. The Kier molecular flexibility index (Phi) is 5.07. The number of hydrogen-bond acceptors (Lipinski definition) is 2. The standard InChI is InChI=1S/C18H21BrO2/c1-11-5-6-17(21-4)15(7-11)10-16(20)14-8-12(2)18(19)13(3)9-14/h5-9,16,20H,10H2,1-4H3. The summed E-state index contributed by atoms with van der Waals surface area (Å²) in [5.41, 5.74) is 5.42. The maximum atomic E-state index is 10.6. The Balaban J connectivity index is 2.30. The Morgan fingerprint density at radius 2 is 1.71 bits per heavy atom. The summed E-state index contributed by atoms with van der Waals surface area (Å²) in [6.07, 6.45) is 0.0111. The van der Waals surface area contributed by atoms with Gasteiger partial charge in [0.05, 0.1) is 13.2 Å². The Morgan fingerprint density at radius 3 is 2.29 bits per heavy atom. The van der Waals surface area contributed by atoms with E-state index in [-0.39, 0.29) is 0 Å². The summed E-state index contributed by atoms with van der Waals surface area (Å²) in [5, 5.41) is 10.6. The fourth-order valence-electron chi connectivity index (χ4n) is 2.56. The molecule has 0 saturated heterocycles. The molecule has 0 spiro atoms. The van der Waals surface area contributed by atoms with Crippen molar-refractivity contribution in [2.24, 2.45) is 0 Å². The quantitative estimate of drug-likeness (QED) is 0.870. The van der Waals surface area contributed by atoms with Gasteiger partial charge in [0.25, 0.3) is 0 Å². The summed E-state index contributed by atoms with van der Waals surface area (Å²) < 4.78 is 6.49. The third-order valence-corrected chi connectivity index (χ3v) is 4.94. The van der Waals surface area contributed by atoms with Gasteiger partial charge in [0, 0.05) is 10.9 Å². The van der Waals surface area contributed by atoms with E-state index in [9.17, 15) is 5.11 Å². The molecule has 0 saturated carbocycles. The highest BCUT2D eigenvalue weighted by molar-refractivity contribution is 9.10. The zero-order valence-corrected chi connectivity index (χ0v) is 14.5. The van der Waals surface area contributed by atoms with E-state index in [4.69, 9.17) is 4.74 Å². The molecule has 0 aliphatic carbocycles. The number of rotatable bonds is 4. The van der Waals surface area contributed by atoms with Crippen molar-refractivity contribution in [2.75, 3.05) is 7.11 Å². The molecule has 2 nitrogen and oxygen atoms in total. The molecular weight excluding hydrogens is 328 g/mol. The molecule has 3 heteroatoms. The normalized spacial score (nSPS) is 12.3. The van der Waals surface area contributed by atoms with Gasteiger partial charge in [0.1, 0.15) is 5.75 Å². The van der Waals surface area contributed by atoms with Gasteiger partial charge in [-0.3, -0.25) is 0 Å². The van der Waals surface area contributed by atoms with E-state index in [1.807, 2.05) is 45.0 Å². The number of aliphatic hydroxyl groups is 1. The van der Waals surface area contributed by atoms with Crippen LogP contribution in [0.15, 0.2) is 34.8 Å². The molecule has 112 valence electrons. The van der Waals surface area contributed by atoms with Crippen LogP contribution >= 0.6 is 15.9 Å². The topological polar surface area (TPSA) is 29.5 Å². The van der Waals surface area contributed by atoms with Gasteiger partial charge in [0.2, 0.25) is 0 Å². The smallest absolute Gasteiger partial charge is 0.122 e. The van der Waals surface area contributed by atoms with Crippen molar-refractivity contribution < 1.29 is 9.84 Å². The van der Waals surface area contributed by atoms with Gasteiger partial charge in [-0.25, -0.2) is 0 Å². The van der Waals surface area contributed by atoms with Crippen molar-refractivity contribution in [1.29, 1.82) is 0 Å². The van der Waals surface area contributed by atoms with Crippen LogP contribution in [0.3, 0.4) is 0 Å². The summed E-state index contributed by atoms with van der Waals surface area (Å²) in [5.74, 6) is 0.824. The van der Waals surface area contributed by atoms with E-state index in [0.717, 1.165) is 32.5 Å². The van der Waals surface area contributed by atoms with Gasteiger partial charge in [-0.1, -0.05) is 45.8 Å². The third kappa shape index (κ3) is 3.66. The van der Waals surface area contributed by atoms with E-state index in [0.29, 0.717) is 6.42 Å². The van der Waals surface area contributed by atoms with Crippen LogP contribution in [0.2, 0.25) is 0 Å². The van der Waals surface area contributed by atoms with Crippen LogP contribution in [0.4, 0.5) is 0 Å². The lowest BCUT2D eigenvalue weighted by molar-refractivity contribution is 0.177. The van der Waals surface area contributed by atoms with E-state index in [1.165, 1.54) is 5.56 Å². The van der Waals surface area contributed by atoms with E-state index in [2.05, 4.69) is 22.0 Å². The maximum absolute atomic E-state index is 10.6. The lowest BCUT2D eigenvalue weighted by Gasteiger charge is -2.16. The first-order valence-corrected chi connectivity index (χ1v) is 7.80. The maximum Gasteiger partial charge on any atom is 0.122 e. The molecule has 0 heterocycles. The van der Waals surface area contributed by atoms with Crippen molar-refractivity contribution in [3.63, 3.8) is 0 Å². The minimum atomic E-state index is -0.536. The molecule has 1 N–H and O–H groups in total. The van der Waals surface area contributed by atoms with Crippen molar-refractivity contribution in [3.8, 4) is 5.75 Å². The number of aliphatic hydroxyl groups excluding tert-OH is 1. The van der Waals surface area contributed by atoms with Crippen LogP contribution < -0.4 is 4.74 Å². The summed E-state index contributed by atoms with van der Waals surface area (Å²) in [4.78, 5) is 0. The second kappa shape index (κ2) is 6.63. The molecule has 0 aliphatic heterocycles. The SMILES string of the molecule is COc1ccc(C)cc1CC(O)c1cc(C)c(Br)c(C)c1. The van der Waals surface area contributed by atoms with E-state index >= 15 is 0 Å². The molecule has 21 heavy (non-hydrogen) atoms. The molecule has 1 unspecified atom stereocenters. The number of benzene rings is 2. The van der Waals surface area contributed by atoms with Crippen LogP contribution in [0.5, 0.6) is 5.75 Å². The molecule has 0 aromatic heterocycles. The van der Waals surface area contributed by atoms with Gasteiger partial charge >= 0.3 is 0 Å². The second-order valence-corrected chi connectivity index (χ2v) is 6.30. The molecule has 0 aliphatic rings. The average molecular weight is 349 g/mol. The molecule has 0 amide bonds. The molecule has 1 atom stereocenters. The minimum absolute atomic E-state index is 0.536. The van der Waals surface area contributed by atoms with Crippen molar-refractivity contribution in [2.45, 2.75) is 33.3 Å². The first-order chi connectivity index (χ1) is 9.92. The molecule has 0 radical (unpaired) electrons. The lowest BCUT2D eigenvalue weighted by Crippen LogP contribution is -2.05. The Labute approximate surface area is 134 Å². The molecule has 0 bridgehead atoms. The summed E-state index contributed by atoms with van der Waals surface area (Å²) in [7, 11) is 1.66. The van der Waals surface area contributed by atoms with Gasteiger partial charge < -0.3 is 9.84 Å². The highest BCUT2D eigenvalue weighted by Crippen LogP contribution is 2.29. The number of ether oxygens (including phenoxy) is 1. The fourth-order valence-corrected chi connectivity index (χ4v) is 2.79. The van der Waals surface area contributed by atoms with Crippen LogP contribution in [-0.2, 0) is 6.42 Å². The number of aryl methyl sites for hydroxylation is 3. The van der Waals surface area contributed by atoms with Crippen LogP contribution in [-0.4, -0.2) is 12.2 Å². The zero-order valence-electron chi connectivity index (χ0n) is 12.9.